The quantitative estimate of drug-likeness (QED) is 0.568. The number of amides is 1. The number of anilines is 1. The maximum Gasteiger partial charge on any atom is 0.281 e. The van der Waals surface area contributed by atoms with Crippen LogP contribution in [0.1, 0.15) is 56.8 Å². The van der Waals surface area contributed by atoms with Gasteiger partial charge in [-0.3, -0.25) is 4.79 Å². The zero-order valence-corrected chi connectivity index (χ0v) is 21.5. The first-order valence-corrected chi connectivity index (χ1v) is 13.8. The summed E-state index contributed by atoms with van der Waals surface area (Å²) in [6.45, 7) is 9.64. The summed E-state index contributed by atoms with van der Waals surface area (Å²) < 4.78 is 33.9. The highest BCUT2D eigenvalue weighted by Crippen LogP contribution is 2.38. The first kappa shape index (κ1) is 25.4. The van der Waals surface area contributed by atoms with E-state index in [0.29, 0.717) is 24.3 Å². The van der Waals surface area contributed by atoms with E-state index in [1.54, 1.807) is 30.5 Å². The number of piperidine rings is 1. The molecular formula is C25H35N5O4S. The molecule has 4 heterocycles. The predicted octanol–water partition coefficient (Wildman–Crippen LogP) is 2.99. The molecule has 2 N–H and O–H groups in total. The highest BCUT2D eigenvalue weighted by atomic mass is 32.2. The zero-order valence-electron chi connectivity index (χ0n) is 20.7. The van der Waals surface area contributed by atoms with E-state index >= 15 is 0 Å². The van der Waals surface area contributed by atoms with Crippen molar-refractivity contribution in [1.29, 1.82) is 0 Å². The lowest BCUT2D eigenvalue weighted by Crippen LogP contribution is -2.43. The molecule has 2 aromatic heterocycles. The second kappa shape index (κ2) is 10.5. The molecule has 1 unspecified atom stereocenters. The van der Waals surface area contributed by atoms with Gasteiger partial charge in [-0.2, -0.15) is 13.4 Å². The molecular weight excluding hydrogens is 466 g/mol. The monoisotopic (exact) mass is 501 g/mol. The van der Waals surface area contributed by atoms with Crippen LogP contribution in [-0.2, 0) is 10.0 Å². The molecule has 0 aliphatic carbocycles. The average Bonchev–Trinajstić information content (AvgIpc) is 3.11. The topological polar surface area (TPSA) is 114 Å². The summed E-state index contributed by atoms with van der Waals surface area (Å²) in [5.74, 6) is 0.981. The van der Waals surface area contributed by atoms with E-state index in [0.717, 1.165) is 45.3 Å². The molecule has 4 rings (SSSR count). The standard InChI is InChI=1S/C25H35N5O4S/c1-18-11-16-30(25(18,2)3)23-20(6-5-13-27-23)24(31)29-35(32,33)22-8-4-7-21(28-22)34-17-12-19-9-14-26-15-10-19/h4-8,13,18-19,26H,9-12,14-17H2,1-3H3,(H,29,31). The van der Waals surface area contributed by atoms with Crippen LogP contribution in [0.25, 0.3) is 0 Å². The third-order valence-corrected chi connectivity index (χ3v) is 8.64. The molecule has 1 atom stereocenters. The minimum absolute atomic E-state index is 0.205. The minimum atomic E-state index is -4.20. The molecule has 1 amide bonds. The number of nitrogens with one attached hydrogen (secondary N) is 2. The number of carbonyl (C=O) groups excluding carboxylic acids is 1. The van der Waals surface area contributed by atoms with Gasteiger partial charge in [-0.25, -0.2) is 9.71 Å². The molecule has 0 bridgehead atoms. The number of ether oxygens (including phenoxy) is 1. The molecule has 0 saturated carbocycles. The maximum absolute atomic E-state index is 13.1. The van der Waals surface area contributed by atoms with Gasteiger partial charge in [0.05, 0.1) is 12.2 Å². The van der Waals surface area contributed by atoms with Gasteiger partial charge in [0.25, 0.3) is 15.9 Å². The first-order chi connectivity index (χ1) is 16.7. The highest BCUT2D eigenvalue weighted by molar-refractivity contribution is 7.90. The third kappa shape index (κ3) is 5.75. The lowest BCUT2D eigenvalue weighted by atomic mass is 9.90. The van der Waals surface area contributed by atoms with Gasteiger partial charge in [-0.1, -0.05) is 13.0 Å². The molecule has 35 heavy (non-hydrogen) atoms. The molecule has 9 nitrogen and oxygen atoms in total. The lowest BCUT2D eigenvalue weighted by Gasteiger charge is -2.36. The van der Waals surface area contributed by atoms with Crippen LogP contribution in [0.4, 0.5) is 5.82 Å². The van der Waals surface area contributed by atoms with Gasteiger partial charge in [0, 0.05) is 24.3 Å². The molecule has 10 heteroatoms. The fourth-order valence-electron chi connectivity index (χ4n) is 4.75. The van der Waals surface area contributed by atoms with E-state index in [1.807, 2.05) is 0 Å². The summed E-state index contributed by atoms with van der Waals surface area (Å²) in [5, 5.41) is 3.08. The highest BCUT2D eigenvalue weighted by Gasteiger charge is 2.40. The van der Waals surface area contributed by atoms with Crippen molar-refractivity contribution in [2.24, 2.45) is 11.8 Å². The van der Waals surface area contributed by atoms with Crippen molar-refractivity contribution in [2.75, 3.05) is 31.1 Å². The van der Waals surface area contributed by atoms with Crippen LogP contribution in [0.3, 0.4) is 0 Å². The molecule has 0 spiro atoms. The van der Waals surface area contributed by atoms with Crippen molar-refractivity contribution in [3.05, 3.63) is 42.1 Å². The summed E-state index contributed by atoms with van der Waals surface area (Å²) in [6.07, 6.45) is 5.71. The number of hydrogen-bond acceptors (Lipinski definition) is 8. The molecule has 2 saturated heterocycles. The number of pyridine rings is 2. The van der Waals surface area contributed by atoms with Crippen LogP contribution in [0, 0.1) is 11.8 Å². The van der Waals surface area contributed by atoms with Crippen LogP contribution in [0.5, 0.6) is 5.88 Å². The zero-order chi connectivity index (χ0) is 25.1. The molecule has 2 aliphatic heterocycles. The van der Waals surface area contributed by atoms with E-state index < -0.39 is 15.9 Å². The van der Waals surface area contributed by atoms with Crippen LogP contribution >= 0.6 is 0 Å². The Bertz CT molecular complexity index is 1150. The van der Waals surface area contributed by atoms with Gasteiger partial charge in [0.1, 0.15) is 5.82 Å². The van der Waals surface area contributed by atoms with E-state index in [2.05, 4.69) is 45.7 Å². The van der Waals surface area contributed by atoms with Gasteiger partial charge >= 0.3 is 0 Å². The largest absolute Gasteiger partial charge is 0.478 e. The van der Waals surface area contributed by atoms with E-state index in [-0.39, 0.29) is 22.0 Å². The molecule has 2 aromatic rings. The normalized spacial score (nSPS) is 20.5. The lowest BCUT2D eigenvalue weighted by molar-refractivity contribution is 0.0981. The van der Waals surface area contributed by atoms with Crippen LogP contribution < -0.4 is 19.7 Å². The van der Waals surface area contributed by atoms with Gasteiger partial charge < -0.3 is 15.0 Å². The van der Waals surface area contributed by atoms with Crippen LogP contribution in [0.15, 0.2) is 41.6 Å². The van der Waals surface area contributed by atoms with E-state index in [9.17, 15) is 13.2 Å². The number of rotatable bonds is 8. The van der Waals surface area contributed by atoms with Crippen molar-refractivity contribution in [1.82, 2.24) is 20.0 Å². The predicted molar refractivity (Wildman–Crippen MR) is 134 cm³/mol. The van der Waals surface area contributed by atoms with Crippen molar-refractivity contribution in [3.8, 4) is 5.88 Å². The number of sulfonamides is 1. The molecule has 2 fully saturated rings. The summed E-state index contributed by atoms with van der Waals surface area (Å²) in [5.41, 5.74) is 0.0107. The Hall–Kier alpha value is -2.72. The summed E-state index contributed by atoms with van der Waals surface area (Å²) in [7, 11) is -4.20. The third-order valence-electron chi connectivity index (χ3n) is 7.41. The number of carbonyl (C=O) groups is 1. The van der Waals surface area contributed by atoms with Gasteiger partial charge in [-0.05, 0) is 82.7 Å². The summed E-state index contributed by atoms with van der Waals surface area (Å²) in [6, 6.07) is 7.77. The van der Waals surface area contributed by atoms with Crippen molar-refractivity contribution in [2.45, 2.75) is 57.0 Å². The summed E-state index contributed by atoms with van der Waals surface area (Å²) in [4.78, 5) is 23.8. The SMILES string of the molecule is CC1CCN(c2ncccc2C(=O)NS(=O)(=O)c2cccc(OCCC3CCNCC3)n2)C1(C)C. The van der Waals surface area contributed by atoms with Crippen molar-refractivity contribution >= 4 is 21.7 Å². The Morgan fingerprint density at radius 2 is 1.97 bits per heavy atom. The molecule has 0 radical (unpaired) electrons. The Kier molecular flexibility index (Phi) is 7.61. The minimum Gasteiger partial charge on any atom is -0.478 e. The Morgan fingerprint density at radius 3 is 2.69 bits per heavy atom. The van der Waals surface area contributed by atoms with E-state index in [1.165, 1.54) is 6.07 Å². The Labute approximate surface area is 207 Å². The fraction of sp³-hybridized carbons (Fsp3) is 0.560. The second-order valence-corrected chi connectivity index (χ2v) is 11.6. The Morgan fingerprint density at radius 1 is 1.20 bits per heavy atom. The number of hydrogen-bond donors (Lipinski definition) is 2. The number of aromatic nitrogens is 2. The average molecular weight is 502 g/mol. The van der Waals surface area contributed by atoms with Crippen molar-refractivity contribution in [3.63, 3.8) is 0 Å². The molecule has 0 aromatic carbocycles. The summed E-state index contributed by atoms with van der Waals surface area (Å²) >= 11 is 0. The van der Waals surface area contributed by atoms with Crippen LogP contribution in [-0.4, -0.2) is 56.1 Å². The number of nitrogens with zero attached hydrogens (tertiary/aromatic N) is 3. The maximum atomic E-state index is 13.1. The van der Waals surface area contributed by atoms with Crippen LogP contribution in [0.2, 0.25) is 0 Å². The first-order valence-electron chi connectivity index (χ1n) is 12.3. The molecule has 190 valence electrons. The van der Waals surface area contributed by atoms with Gasteiger partial charge in [0.15, 0.2) is 5.03 Å². The Balaban J connectivity index is 1.45. The molecule has 2 aliphatic rings. The second-order valence-electron chi connectivity index (χ2n) is 9.95. The fourth-order valence-corrected chi connectivity index (χ4v) is 5.68. The smallest absolute Gasteiger partial charge is 0.281 e. The van der Waals surface area contributed by atoms with Crippen molar-refractivity contribution < 1.29 is 17.9 Å². The van der Waals surface area contributed by atoms with Gasteiger partial charge in [0.2, 0.25) is 5.88 Å². The van der Waals surface area contributed by atoms with Gasteiger partial charge in [-0.15, -0.1) is 0 Å². The van der Waals surface area contributed by atoms with E-state index in [4.69, 9.17) is 4.74 Å².